The van der Waals surface area contributed by atoms with Gasteiger partial charge < -0.3 is 15.5 Å². The summed E-state index contributed by atoms with van der Waals surface area (Å²) in [6.45, 7) is 0.671. The van der Waals surface area contributed by atoms with Crippen LogP contribution in [0.3, 0.4) is 0 Å². The lowest BCUT2D eigenvalue weighted by molar-refractivity contribution is -0.120. The fourth-order valence-corrected chi connectivity index (χ4v) is 4.41. The molecule has 2 heterocycles. The van der Waals surface area contributed by atoms with E-state index in [4.69, 9.17) is 0 Å². The van der Waals surface area contributed by atoms with Crippen molar-refractivity contribution in [2.45, 2.75) is 24.3 Å². The second kappa shape index (κ2) is 7.41. The Balaban J connectivity index is 1.31. The van der Waals surface area contributed by atoms with Gasteiger partial charge in [-0.05, 0) is 24.1 Å². The molecule has 0 aliphatic carbocycles. The SMILES string of the molecule is O=C(CSCc1ccccc1)NC1CC2C(=O)Nc3ccccc3N2C1. The minimum absolute atomic E-state index is 0.00160. The van der Waals surface area contributed by atoms with Gasteiger partial charge in [-0.3, -0.25) is 9.59 Å². The number of anilines is 2. The van der Waals surface area contributed by atoms with E-state index in [-0.39, 0.29) is 23.9 Å². The molecule has 4 rings (SSSR count). The summed E-state index contributed by atoms with van der Waals surface area (Å²) in [5, 5.41) is 6.05. The first-order chi connectivity index (χ1) is 12.7. The molecular formula is C20H21N3O2S. The number of carbonyl (C=O) groups is 2. The average Bonchev–Trinajstić information content (AvgIpc) is 3.07. The quantitative estimate of drug-likeness (QED) is 0.853. The molecule has 26 heavy (non-hydrogen) atoms. The number of benzene rings is 2. The number of hydrogen-bond donors (Lipinski definition) is 2. The number of hydrogen-bond acceptors (Lipinski definition) is 4. The fourth-order valence-electron chi connectivity index (χ4n) is 3.61. The molecule has 134 valence electrons. The number of nitrogens with zero attached hydrogens (tertiary/aromatic N) is 1. The molecule has 0 saturated carbocycles. The van der Waals surface area contributed by atoms with E-state index in [1.54, 1.807) is 11.8 Å². The van der Waals surface area contributed by atoms with Crippen LogP contribution in [0.1, 0.15) is 12.0 Å². The highest BCUT2D eigenvalue weighted by Gasteiger charge is 2.41. The molecular weight excluding hydrogens is 346 g/mol. The van der Waals surface area contributed by atoms with E-state index >= 15 is 0 Å². The van der Waals surface area contributed by atoms with Gasteiger partial charge in [0, 0.05) is 18.3 Å². The van der Waals surface area contributed by atoms with Crippen LogP contribution >= 0.6 is 11.8 Å². The highest BCUT2D eigenvalue weighted by molar-refractivity contribution is 7.99. The molecule has 2 amide bonds. The first-order valence-corrected chi connectivity index (χ1v) is 9.94. The van der Waals surface area contributed by atoms with E-state index in [0.29, 0.717) is 18.7 Å². The van der Waals surface area contributed by atoms with Gasteiger partial charge in [0.1, 0.15) is 6.04 Å². The first-order valence-electron chi connectivity index (χ1n) is 8.78. The number of carbonyl (C=O) groups excluding carboxylic acids is 2. The summed E-state index contributed by atoms with van der Waals surface area (Å²) in [5.74, 6) is 1.30. The fraction of sp³-hybridized carbons (Fsp3) is 0.300. The van der Waals surface area contributed by atoms with Crippen molar-refractivity contribution in [1.82, 2.24) is 5.32 Å². The standard InChI is InChI=1S/C20H21N3O2S/c24-19(13-26-12-14-6-2-1-3-7-14)21-15-10-18-20(25)22-16-8-4-5-9-17(16)23(18)11-15/h1-9,15,18H,10-13H2,(H,21,24)(H,22,25). The van der Waals surface area contributed by atoms with Crippen molar-refractivity contribution >= 4 is 35.0 Å². The third-order valence-corrected chi connectivity index (χ3v) is 5.79. The van der Waals surface area contributed by atoms with Crippen LogP contribution in [0.5, 0.6) is 0 Å². The van der Waals surface area contributed by atoms with Crippen LogP contribution in [-0.4, -0.2) is 36.2 Å². The molecule has 2 N–H and O–H groups in total. The van der Waals surface area contributed by atoms with Crippen molar-refractivity contribution in [3.63, 3.8) is 0 Å². The van der Waals surface area contributed by atoms with Gasteiger partial charge >= 0.3 is 0 Å². The molecule has 2 aromatic rings. The molecule has 2 aliphatic rings. The highest BCUT2D eigenvalue weighted by Crippen LogP contribution is 2.36. The van der Waals surface area contributed by atoms with Gasteiger partial charge in [-0.2, -0.15) is 0 Å². The van der Waals surface area contributed by atoms with Crippen molar-refractivity contribution in [3.8, 4) is 0 Å². The monoisotopic (exact) mass is 367 g/mol. The third-order valence-electron chi connectivity index (χ3n) is 4.78. The van der Waals surface area contributed by atoms with E-state index in [2.05, 4.69) is 27.7 Å². The van der Waals surface area contributed by atoms with Crippen LogP contribution in [-0.2, 0) is 15.3 Å². The van der Waals surface area contributed by atoms with Crippen LogP contribution in [0.4, 0.5) is 11.4 Å². The van der Waals surface area contributed by atoms with E-state index in [9.17, 15) is 9.59 Å². The zero-order valence-electron chi connectivity index (χ0n) is 14.4. The van der Waals surface area contributed by atoms with Crippen molar-refractivity contribution in [2.24, 2.45) is 0 Å². The molecule has 2 unspecified atom stereocenters. The van der Waals surface area contributed by atoms with E-state index in [1.807, 2.05) is 42.5 Å². The van der Waals surface area contributed by atoms with Gasteiger partial charge in [-0.1, -0.05) is 42.5 Å². The number of rotatable bonds is 5. The lowest BCUT2D eigenvalue weighted by Crippen LogP contribution is -2.44. The van der Waals surface area contributed by atoms with Gasteiger partial charge in [0.25, 0.3) is 0 Å². The van der Waals surface area contributed by atoms with Gasteiger partial charge in [0.15, 0.2) is 0 Å². The van der Waals surface area contributed by atoms with Crippen molar-refractivity contribution in [1.29, 1.82) is 0 Å². The zero-order chi connectivity index (χ0) is 17.9. The Kier molecular flexibility index (Phi) is 4.84. The maximum Gasteiger partial charge on any atom is 0.247 e. The predicted molar refractivity (Wildman–Crippen MR) is 105 cm³/mol. The second-order valence-corrected chi connectivity index (χ2v) is 7.64. The summed E-state index contributed by atoms with van der Waals surface area (Å²) >= 11 is 1.61. The number of amides is 2. The Morgan fingerprint density at radius 2 is 1.92 bits per heavy atom. The van der Waals surface area contributed by atoms with Crippen LogP contribution in [0.15, 0.2) is 54.6 Å². The van der Waals surface area contributed by atoms with Gasteiger partial charge in [-0.25, -0.2) is 0 Å². The van der Waals surface area contributed by atoms with Crippen molar-refractivity contribution in [3.05, 3.63) is 60.2 Å². The molecule has 0 spiro atoms. The van der Waals surface area contributed by atoms with Gasteiger partial charge in [-0.15, -0.1) is 11.8 Å². The summed E-state index contributed by atoms with van der Waals surface area (Å²) in [4.78, 5) is 26.7. The van der Waals surface area contributed by atoms with Gasteiger partial charge in [0.2, 0.25) is 11.8 Å². The molecule has 2 atom stereocenters. The van der Waals surface area contributed by atoms with Crippen LogP contribution in [0.25, 0.3) is 0 Å². The van der Waals surface area contributed by atoms with Crippen LogP contribution in [0, 0.1) is 0 Å². The smallest absolute Gasteiger partial charge is 0.247 e. The second-order valence-electron chi connectivity index (χ2n) is 6.65. The Morgan fingerprint density at radius 3 is 2.77 bits per heavy atom. The Morgan fingerprint density at radius 1 is 1.15 bits per heavy atom. The molecule has 0 bridgehead atoms. The zero-order valence-corrected chi connectivity index (χ0v) is 15.2. The maximum atomic E-state index is 12.3. The minimum Gasteiger partial charge on any atom is -0.356 e. The van der Waals surface area contributed by atoms with E-state index < -0.39 is 0 Å². The normalized spacial score (nSPS) is 20.9. The minimum atomic E-state index is -0.202. The topological polar surface area (TPSA) is 61.4 Å². The molecule has 0 radical (unpaired) electrons. The summed E-state index contributed by atoms with van der Waals surface area (Å²) in [6.07, 6.45) is 0.648. The summed E-state index contributed by atoms with van der Waals surface area (Å²) in [5.41, 5.74) is 3.10. The van der Waals surface area contributed by atoms with Gasteiger partial charge in [0.05, 0.1) is 17.1 Å². The van der Waals surface area contributed by atoms with Crippen molar-refractivity contribution < 1.29 is 9.59 Å². The third kappa shape index (κ3) is 3.55. The van der Waals surface area contributed by atoms with E-state index in [0.717, 1.165) is 17.1 Å². The van der Waals surface area contributed by atoms with Crippen molar-refractivity contribution in [2.75, 3.05) is 22.5 Å². The maximum absolute atomic E-state index is 12.3. The lowest BCUT2D eigenvalue weighted by atomic mass is 10.1. The molecule has 5 nitrogen and oxygen atoms in total. The average molecular weight is 367 g/mol. The summed E-state index contributed by atoms with van der Waals surface area (Å²) in [7, 11) is 0. The highest BCUT2D eigenvalue weighted by atomic mass is 32.2. The largest absolute Gasteiger partial charge is 0.356 e. The molecule has 0 aromatic heterocycles. The molecule has 1 saturated heterocycles. The van der Waals surface area contributed by atoms with E-state index in [1.165, 1.54) is 5.56 Å². The van der Waals surface area contributed by atoms with Crippen LogP contribution in [0.2, 0.25) is 0 Å². The molecule has 6 heteroatoms. The summed E-state index contributed by atoms with van der Waals surface area (Å²) in [6, 6.07) is 17.8. The lowest BCUT2D eigenvalue weighted by Gasteiger charge is -2.32. The van der Waals surface area contributed by atoms with Crippen LogP contribution < -0.4 is 15.5 Å². The Hall–Kier alpha value is -2.47. The molecule has 2 aromatic carbocycles. The number of thioether (sulfide) groups is 1. The molecule has 1 fully saturated rings. The Labute approximate surface area is 157 Å². The molecule has 2 aliphatic heterocycles. The number of fused-ring (bicyclic) bond motifs is 3. The predicted octanol–water partition coefficient (Wildman–Crippen LogP) is 2.64. The first kappa shape index (κ1) is 17.0. The summed E-state index contributed by atoms with van der Waals surface area (Å²) < 4.78 is 0. The Bertz CT molecular complexity index is 812. The number of nitrogens with one attached hydrogen (secondary N) is 2. The number of para-hydroxylation sites is 2.